The van der Waals surface area contributed by atoms with Gasteiger partial charge in [-0.2, -0.15) is 0 Å². The Morgan fingerprint density at radius 1 is 1.29 bits per heavy atom. The minimum atomic E-state index is -0.376. The molecule has 0 radical (unpaired) electrons. The van der Waals surface area contributed by atoms with Crippen molar-refractivity contribution in [2.24, 2.45) is 0 Å². The molecular formula is C21H23ClN4O4S. The van der Waals surface area contributed by atoms with Crippen LogP contribution >= 0.6 is 22.9 Å². The zero-order valence-corrected chi connectivity index (χ0v) is 19.1. The van der Waals surface area contributed by atoms with E-state index in [4.69, 9.17) is 16.3 Å². The van der Waals surface area contributed by atoms with Gasteiger partial charge in [0.05, 0.1) is 13.5 Å². The number of carbonyl (C=O) groups excluding carboxylic acids is 3. The fourth-order valence-corrected chi connectivity index (χ4v) is 5.25. The van der Waals surface area contributed by atoms with Crippen LogP contribution in [0.5, 0.6) is 0 Å². The molecule has 1 spiro atoms. The van der Waals surface area contributed by atoms with Gasteiger partial charge in [0.1, 0.15) is 10.7 Å². The number of aromatic nitrogens is 1. The predicted octanol–water partition coefficient (Wildman–Crippen LogP) is 2.80. The van der Waals surface area contributed by atoms with Gasteiger partial charge < -0.3 is 19.4 Å². The van der Waals surface area contributed by atoms with Crippen LogP contribution in [0.2, 0.25) is 5.02 Å². The first-order valence-corrected chi connectivity index (χ1v) is 11.1. The summed E-state index contributed by atoms with van der Waals surface area (Å²) in [6.45, 7) is 1.49. The summed E-state index contributed by atoms with van der Waals surface area (Å²) in [7, 11) is 4.70. The third-order valence-electron chi connectivity index (χ3n) is 5.85. The van der Waals surface area contributed by atoms with Crippen LogP contribution < -0.4 is 4.90 Å². The summed E-state index contributed by atoms with van der Waals surface area (Å²) in [6.07, 6.45) is 0.452. The van der Waals surface area contributed by atoms with Crippen LogP contribution in [0.25, 0.3) is 0 Å². The summed E-state index contributed by atoms with van der Waals surface area (Å²) < 4.78 is 4.88. The fourth-order valence-electron chi connectivity index (χ4n) is 4.31. The predicted molar refractivity (Wildman–Crippen MR) is 118 cm³/mol. The van der Waals surface area contributed by atoms with Gasteiger partial charge in [-0.1, -0.05) is 11.6 Å². The molecule has 1 fully saturated rings. The number of anilines is 1. The molecule has 0 N–H and O–H groups in total. The molecule has 31 heavy (non-hydrogen) atoms. The highest BCUT2D eigenvalue weighted by molar-refractivity contribution is 7.10. The summed E-state index contributed by atoms with van der Waals surface area (Å²) in [5, 5.41) is 2.86. The summed E-state index contributed by atoms with van der Waals surface area (Å²) >= 11 is 7.57. The van der Waals surface area contributed by atoms with Crippen LogP contribution in [-0.2, 0) is 21.4 Å². The maximum atomic E-state index is 13.2. The van der Waals surface area contributed by atoms with E-state index in [2.05, 4.69) is 4.98 Å². The van der Waals surface area contributed by atoms with Crippen molar-refractivity contribution in [1.82, 2.24) is 14.8 Å². The van der Waals surface area contributed by atoms with Crippen LogP contribution in [0.3, 0.4) is 0 Å². The summed E-state index contributed by atoms with van der Waals surface area (Å²) in [4.78, 5) is 46.6. The number of ether oxygens (including phenoxy) is 1. The van der Waals surface area contributed by atoms with Gasteiger partial charge in [0.25, 0.3) is 5.91 Å². The topological polar surface area (TPSA) is 83.0 Å². The zero-order chi connectivity index (χ0) is 22.3. The van der Waals surface area contributed by atoms with Gasteiger partial charge in [0.15, 0.2) is 0 Å². The minimum absolute atomic E-state index is 0.101. The Labute approximate surface area is 189 Å². The molecule has 2 aliphatic heterocycles. The van der Waals surface area contributed by atoms with Gasteiger partial charge in [-0.25, -0.2) is 9.78 Å². The molecule has 10 heteroatoms. The average Bonchev–Trinajstić information content (AvgIpc) is 3.45. The molecule has 0 bridgehead atoms. The number of rotatable bonds is 3. The number of halogens is 1. The van der Waals surface area contributed by atoms with E-state index in [1.807, 2.05) is 12.1 Å². The largest absolute Gasteiger partial charge is 0.453 e. The quantitative estimate of drug-likeness (QED) is 0.700. The molecule has 0 saturated carbocycles. The number of nitrogens with zero attached hydrogens (tertiary/aromatic N) is 4. The number of thiazole rings is 1. The Hall–Kier alpha value is -2.65. The first-order chi connectivity index (χ1) is 14.7. The molecule has 2 aliphatic rings. The number of likely N-dealkylation sites (tertiary alicyclic amines) is 1. The second kappa shape index (κ2) is 8.12. The van der Waals surface area contributed by atoms with Gasteiger partial charge in [-0.3, -0.25) is 9.59 Å². The molecular weight excluding hydrogens is 440 g/mol. The highest BCUT2D eigenvalue weighted by Crippen LogP contribution is 2.47. The van der Waals surface area contributed by atoms with Gasteiger partial charge >= 0.3 is 6.09 Å². The highest BCUT2D eigenvalue weighted by atomic mass is 35.5. The molecule has 2 aromatic rings. The highest BCUT2D eigenvalue weighted by Gasteiger charge is 2.50. The zero-order valence-electron chi connectivity index (χ0n) is 17.6. The van der Waals surface area contributed by atoms with Crippen molar-refractivity contribution >= 4 is 46.5 Å². The van der Waals surface area contributed by atoms with E-state index in [0.717, 1.165) is 17.7 Å². The van der Waals surface area contributed by atoms with E-state index >= 15 is 0 Å². The Balaban J connectivity index is 1.58. The lowest BCUT2D eigenvalue weighted by Gasteiger charge is -2.25. The normalized spacial score (nSPS) is 19.6. The third kappa shape index (κ3) is 3.87. The smallest absolute Gasteiger partial charge is 0.409 e. The van der Waals surface area contributed by atoms with E-state index in [1.165, 1.54) is 23.3 Å². The van der Waals surface area contributed by atoms with E-state index in [-0.39, 0.29) is 29.7 Å². The number of fused-ring (bicyclic) bond motifs is 2. The first kappa shape index (κ1) is 21.6. The number of hydrogen-bond acceptors (Lipinski definition) is 6. The van der Waals surface area contributed by atoms with E-state index in [9.17, 15) is 14.4 Å². The molecule has 0 aliphatic carbocycles. The van der Waals surface area contributed by atoms with Crippen molar-refractivity contribution < 1.29 is 19.1 Å². The van der Waals surface area contributed by atoms with Crippen molar-refractivity contribution in [2.75, 3.05) is 45.7 Å². The Morgan fingerprint density at radius 2 is 2.06 bits per heavy atom. The van der Waals surface area contributed by atoms with Crippen molar-refractivity contribution in [3.8, 4) is 0 Å². The summed E-state index contributed by atoms with van der Waals surface area (Å²) in [5.41, 5.74) is 1.75. The standard InChI is InChI=1S/C21H23ClN4O4S/c1-24(2)19(28)15-10-31-17(23-15)9-18(27)26-12-21(6-7-25(11-21)20(29)30-3)14-8-13(22)4-5-16(14)26/h4-5,8,10H,6-7,9,11-12H2,1-3H3. The minimum Gasteiger partial charge on any atom is -0.453 e. The molecule has 1 saturated heterocycles. The fraction of sp³-hybridized carbons (Fsp3) is 0.429. The van der Waals surface area contributed by atoms with Crippen LogP contribution in [0.4, 0.5) is 10.5 Å². The van der Waals surface area contributed by atoms with Gasteiger partial charge in [-0.05, 0) is 30.2 Å². The first-order valence-electron chi connectivity index (χ1n) is 9.83. The maximum Gasteiger partial charge on any atom is 0.409 e. The molecule has 3 heterocycles. The van der Waals surface area contributed by atoms with Crippen LogP contribution in [0.15, 0.2) is 23.6 Å². The number of methoxy groups -OCH3 is 1. The van der Waals surface area contributed by atoms with Crippen molar-refractivity contribution in [3.63, 3.8) is 0 Å². The summed E-state index contributed by atoms with van der Waals surface area (Å²) in [5.74, 6) is -0.293. The molecule has 1 atom stereocenters. The molecule has 1 unspecified atom stereocenters. The second-order valence-corrected chi connectivity index (χ2v) is 9.45. The number of hydrogen-bond donors (Lipinski definition) is 0. The summed E-state index contributed by atoms with van der Waals surface area (Å²) in [6, 6.07) is 5.51. The molecule has 1 aromatic carbocycles. The number of benzene rings is 1. The Morgan fingerprint density at radius 3 is 2.77 bits per heavy atom. The van der Waals surface area contributed by atoms with Gasteiger partial charge in [0, 0.05) is 55.2 Å². The lowest BCUT2D eigenvalue weighted by molar-refractivity contribution is -0.118. The van der Waals surface area contributed by atoms with Gasteiger partial charge in [0.2, 0.25) is 5.91 Å². The van der Waals surface area contributed by atoms with Crippen molar-refractivity contribution in [3.05, 3.63) is 44.9 Å². The molecule has 1 aromatic heterocycles. The van der Waals surface area contributed by atoms with Crippen LogP contribution in [0.1, 0.15) is 27.5 Å². The Kier molecular flexibility index (Phi) is 5.65. The number of carbonyl (C=O) groups is 3. The second-order valence-electron chi connectivity index (χ2n) is 8.07. The number of amides is 3. The van der Waals surface area contributed by atoms with Crippen LogP contribution in [-0.4, -0.2) is 73.5 Å². The maximum absolute atomic E-state index is 13.2. The Bertz CT molecular complexity index is 1060. The van der Waals surface area contributed by atoms with Crippen molar-refractivity contribution in [2.45, 2.75) is 18.3 Å². The molecule has 164 valence electrons. The lowest BCUT2D eigenvalue weighted by atomic mass is 9.81. The third-order valence-corrected chi connectivity index (χ3v) is 6.93. The van der Waals surface area contributed by atoms with Gasteiger partial charge in [-0.15, -0.1) is 11.3 Å². The van der Waals surface area contributed by atoms with E-state index in [0.29, 0.717) is 35.4 Å². The lowest BCUT2D eigenvalue weighted by Crippen LogP contribution is -2.40. The van der Waals surface area contributed by atoms with E-state index in [1.54, 1.807) is 35.3 Å². The average molecular weight is 463 g/mol. The molecule has 4 rings (SSSR count). The molecule has 3 amide bonds. The van der Waals surface area contributed by atoms with Crippen molar-refractivity contribution in [1.29, 1.82) is 0 Å². The SMILES string of the molecule is COC(=O)N1CCC2(C1)CN(C(=O)Cc1nc(C(=O)N(C)C)cs1)c1ccc(Cl)cc12. The van der Waals surface area contributed by atoms with Crippen LogP contribution in [0, 0.1) is 0 Å². The monoisotopic (exact) mass is 462 g/mol. The molecule has 8 nitrogen and oxygen atoms in total. The van der Waals surface area contributed by atoms with E-state index < -0.39 is 0 Å².